The third-order valence-corrected chi connectivity index (χ3v) is 6.89. The SMILES string of the molecule is CNCC(=O)N1CCC(CN(C)c2nc(N)c3cc(OC)c(OC)cc3n2)(c2ccccc2)CC1. The van der Waals surface area contributed by atoms with Crippen LogP contribution in [-0.2, 0) is 10.2 Å². The molecule has 1 aromatic heterocycles. The predicted molar refractivity (Wildman–Crippen MR) is 138 cm³/mol. The maximum atomic E-state index is 12.4. The third-order valence-electron chi connectivity index (χ3n) is 6.89. The fraction of sp³-hybridized carbons (Fsp3) is 0.423. The topological polar surface area (TPSA) is 106 Å². The molecule has 9 heteroatoms. The van der Waals surface area contributed by atoms with Crippen LogP contribution in [0.1, 0.15) is 18.4 Å². The normalized spacial score (nSPS) is 15.1. The quantitative estimate of drug-likeness (QED) is 0.509. The number of benzene rings is 2. The summed E-state index contributed by atoms with van der Waals surface area (Å²) in [4.78, 5) is 25.9. The summed E-state index contributed by atoms with van der Waals surface area (Å²) < 4.78 is 10.9. The van der Waals surface area contributed by atoms with E-state index < -0.39 is 0 Å². The molecule has 0 spiro atoms. The zero-order valence-electron chi connectivity index (χ0n) is 20.9. The molecule has 35 heavy (non-hydrogen) atoms. The molecule has 0 aliphatic carbocycles. The van der Waals surface area contributed by atoms with Gasteiger partial charge in [-0.2, -0.15) is 4.98 Å². The summed E-state index contributed by atoms with van der Waals surface area (Å²) in [6.45, 7) is 2.47. The number of anilines is 2. The van der Waals surface area contributed by atoms with Gasteiger partial charge in [-0.15, -0.1) is 0 Å². The Bertz CT molecular complexity index is 1180. The van der Waals surface area contributed by atoms with E-state index in [0.717, 1.165) is 12.8 Å². The minimum Gasteiger partial charge on any atom is -0.493 e. The third kappa shape index (κ3) is 4.95. The molecule has 1 amide bonds. The fourth-order valence-electron chi connectivity index (χ4n) is 4.94. The van der Waals surface area contributed by atoms with Crippen molar-refractivity contribution in [3.8, 4) is 11.5 Å². The van der Waals surface area contributed by atoms with Crippen LogP contribution in [0.25, 0.3) is 10.9 Å². The summed E-state index contributed by atoms with van der Waals surface area (Å²) in [5.74, 6) is 2.24. The lowest BCUT2D eigenvalue weighted by atomic mass is 9.72. The van der Waals surface area contributed by atoms with E-state index in [1.54, 1.807) is 27.3 Å². The Labute approximate surface area is 206 Å². The molecule has 0 radical (unpaired) electrons. The van der Waals surface area contributed by atoms with Gasteiger partial charge >= 0.3 is 0 Å². The van der Waals surface area contributed by atoms with E-state index in [2.05, 4.69) is 39.5 Å². The molecule has 1 aliphatic rings. The van der Waals surface area contributed by atoms with Crippen LogP contribution in [0.4, 0.5) is 11.8 Å². The van der Waals surface area contributed by atoms with E-state index in [9.17, 15) is 4.79 Å². The van der Waals surface area contributed by atoms with Crippen molar-refractivity contribution in [3.05, 3.63) is 48.0 Å². The van der Waals surface area contributed by atoms with Gasteiger partial charge in [0.2, 0.25) is 11.9 Å². The maximum Gasteiger partial charge on any atom is 0.236 e. The van der Waals surface area contributed by atoms with Gasteiger partial charge in [0.15, 0.2) is 11.5 Å². The number of carbonyl (C=O) groups is 1. The molecule has 0 saturated carbocycles. The Hall–Kier alpha value is -3.59. The molecule has 1 aliphatic heterocycles. The van der Waals surface area contributed by atoms with E-state index in [0.29, 0.717) is 60.3 Å². The van der Waals surface area contributed by atoms with E-state index in [1.165, 1.54) is 5.56 Å². The van der Waals surface area contributed by atoms with Gasteiger partial charge in [0, 0.05) is 43.5 Å². The summed E-state index contributed by atoms with van der Waals surface area (Å²) in [6.07, 6.45) is 1.70. The van der Waals surface area contributed by atoms with Crippen molar-refractivity contribution in [1.82, 2.24) is 20.2 Å². The molecule has 3 N–H and O–H groups in total. The minimum atomic E-state index is -0.142. The fourth-order valence-corrected chi connectivity index (χ4v) is 4.94. The first-order chi connectivity index (χ1) is 16.9. The van der Waals surface area contributed by atoms with E-state index >= 15 is 0 Å². The van der Waals surface area contributed by atoms with Crippen molar-refractivity contribution in [2.24, 2.45) is 0 Å². The Morgan fingerprint density at radius 3 is 2.40 bits per heavy atom. The van der Waals surface area contributed by atoms with Crippen LogP contribution < -0.4 is 25.4 Å². The molecule has 3 aromatic rings. The monoisotopic (exact) mass is 478 g/mol. The molecule has 0 unspecified atom stereocenters. The number of ether oxygens (including phenoxy) is 2. The number of carbonyl (C=O) groups excluding carboxylic acids is 1. The van der Waals surface area contributed by atoms with Gasteiger partial charge in [0.05, 0.1) is 26.3 Å². The first kappa shape index (κ1) is 24.5. The lowest BCUT2D eigenvalue weighted by molar-refractivity contribution is -0.131. The van der Waals surface area contributed by atoms with Crippen molar-refractivity contribution in [2.75, 3.05) is 65.1 Å². The zero-order chi connectivity index (χ0) is 25.0. The lowest BCUT2D eigenvalue weighted by Gasteiger charge is -2.44. The summed E-state index contributed by atoms with van der Waals surface area (Å²) in [5, 5.41) is 3.68. The summed E-state index contributed by atoms with van der Waals surface area (Å²) >= 11 is 0. The van der Waals surface area contributed by atoms with E-state index in [-0.39, 0.29) is 11.3 Å². The molecular formula is C26H34N6O3. The molecule has 1 fully saturated rings. The number of nitrogen functional groups attached to an aromatic ring is 1. The lowest BCUT2D eigenvalue weighted by Crippen LogP contribution is -2.51. The van der Waals surface area contributed by atoms with Crippen LogP contribution in [0, 0.1) is 0 Å². The molecule has 1 saturated heterocycles. The van der Waals surface area contributed by atoms with Crippen LogP contribution in [0.5, 0.6) is 11.5 Å². The standard InChI is InChI=1S/C26H34N6O3/c1-28-16-23(33)32-12-10-26(11-13-32,18-8-6-5-7-9-18)17-31(2)25-29-20-15-22(35-4)21(34-3)14-19(20)24(27)30-25/h5-9,14-15,28H,10-13,16-17H2,1-4H3,(H2,27,29,30). The predicted octanol–water partition coefficient (Wildman–Crippen LogP) is 2.45. The number of nitrogens with zero attached hydrogens (tertiary/aromatic N) is 4. The second-order valence-electron chi connectivity index (χ2n) is 9.05. The second-order valence-corrected chi connectivity index (χ2v) is 9.05. The molecule has 2 heterocycles. The number of fused-ring (bicyclic) bond motifs is 1. The van der Waals surface area contributed by atoms with Gasteiger partial charge in [-0.3, -0.25) is 4.79 Å². The van der Waals surface area contributed by atoms with Crippen molar-refractivity contribution in [3.63, 3.8) is 0 Å². The number of hydrogen-bond donors (Lipinski definition) is 2. The highest BCUT2D eigenvalue weighted by molar-refractivity contribution is 5.91. The van der Waals surface area contributed by atoms with Crippen LogP contribution >= 0.6 is 0 Å². The smallest absolute Gasteiger partial charge is 0.236 e. The highest BCUT2D eigenvalue weighted by Gasteiger charge is 2.38. The van der Waals surface area contributed by atoms with Crippen molar-refractivity contribution in [2.45, 2.75) is 18.3 Å². The Morgan fingerprint density at radius 1 is 1.11 bits per heavy atom. The van der Waals surface area contributed by atoms with Crippen molar-refractivity contribution >= 4 is 28.6 Å². The largest absolute Gasteiger partial charge is 0.493 e. The number of methoxy groups -OCH3 is 2. The van der Waals surface area contributed by atoms with Crippen LogP contribution in [0.2, 0.25) is 0 Å². The molecular weight excluding hydrogens is 444 g/mol. The Kier molecular flexibility index (Phi) is 7.25. The molecule has 186 valence electrons. The second kappa shape index (κ2) is 10.4. The van der Waals surface area contributed by atoms with Gasteiger partial charge < -0.3 is 30.3 Å². The van der Waals surface area contributed by atoms with Crippen LogP contribution in [-0.4, -0.2) is 75.3 Å². The number of aromatic nitrogens is 2. The highest BCUT2D eigenvalue weighted by Crippen LogP contribution is 2.38. The highest BCUT2D eigenvalue weighted by atomic mass is 16.5. The number of amides is 1. The molecule has 2 aromatic carbocycles. The summed E-state index contributed by atoms with van der Waals surface area (Å²) in [5.41, 5.74) is 8.15. The number of likely N-dealkylation sites (tertiary alicyclic amines) is 1. The number of likely N-dealkylation sites (N-methyl/N-ethyl adjacent to an activating group) is 2. The Morgan fingerprint density at radius 2 is 1.77 bits per heavy atom. The van der Waals surface area contributed by atoms with E-state index in [4.69, 9.17) is 20.2 Å². The first-order valence-corrected chi connectivity index (χ1v) is 11.8. The molecule has 0 bridgehead atoms. The van der Waals surface area contributed by atoms with Gasteiger partial charge in [0.1, 0.15) is 5.82 Å². The number of nitrogens with one attached hydrogen (secondary N) is 1. The van der Waals surface area contributed by atoms with Crippen LogP contribution in [0.15, 0.2) is 42.5 Å². The van der Waals surface area contributed by atoms with Crippen LogP contribution in [0.3, 0.4) is 0 Å². The molecule has 0 atom stereocenters. The first-order valence-electron chi connectivity index (χ1n) is 11.8. The number of hydrogen-bond acceptors (Lipinski definition) is 8. The van der Waals surface area contributed by atoms with E-state index in [1.807, 2.05) is 24.1 Å². The van der Waals surface area contributed by atoms with Gasteiger partial charge in [-0.1, -0.05) is 30.3 Å². The minimum absolute atomic E-state index is 0.137. The zero-order valence-corrected chi connectivity index (χ0v) is 20.9. The van der Waals surface area contributed by atoms with Gasteiger partial charge in [0.25, 0.3) is 0 Å². The number of piperidine rings is 1. The number of rotatable bonds is 8. The summed E-state index contributed by atoms with van der Waals surface area (Å²) in [6, 6.07) is 14.1. The van der Waals surface area contributed by atoms with Crippen molar-refractivity contribution < 1.29 is 14.3 Å². The van der Waals surface area contributed by atoms with Gasteiger partial charge in [-0.25, -0.2) is 4.98 Å². The Balaban J connectivity index is 1.64. The van der Waals surface area contributed by atoms with Crippen molar-refractivity contribution in [1.29, 1.82) is 0 Å². The summed E-state index contributed by atoms with van der Waals surface area (Å²) in [7, 11) is 6.97. The average Bonchev–Trinajstić information content (AvgIpc) is 2.88. The van der Waals surface area contributed by atoms with Gasteiger partial charge in [-0.05, 0) is 31.5 Å². The maximum absolute atomic E-state index is 12.4. The molecule has 4 rings (SSSR count). The average molecular weight is 479 g/mol. The number of nitrogens with two attached hydrogens (primary N) is 1. The molecule has 9 nitrogen and oxygen atoms in total.